The summed E-state index contributed by atoms with van der Waals surface area (Å²) >= 11 is 1.48. The van der Waals surface area contributed by atoms with E-state index in [9.17, 15) is 9.59 Å². The lowest BCUT2D eigenvalue weighted by atomic mass is 10.2. The van der Waals surface area contributed by atoms with Crippen LogP contribution in [0.4, 0.5) is 0 Å². The van der Waals surface area contributed by atoms with Crippen molar-refractivity contribution >= 4 is 23.2 Å². The minimum absolute atomic E-state index is 0.164. The maximum Gasteiger partial charge on any atom is 0.325 e. The largest absolute Gasteiger partial charge is 0.493 e. The van der Waals surface area contributed by atoms with Crippen LogP contribution in [0.1, 0.15) is 23.2 Å². The van der Waals surface area contributed by atoms with Gasteiger partial charge in [-0.1, -0.05) is 23.4 Å². The van der Waals surface area contributed by atoms with Crippen LogP contribution in [0.3, 0.4) is 0 Å². The maximum atomic E-state index is 12.2. The fourth-order valence-electron chi connectivity index (χ4n) is 2.20. The standard InChI is InChI=1S/C18H17N3O5S/c1-2-24-13-7-4-3-6-12(13)18(23)19-10-16(22)25-11-15-20-17(21-26-15)14-8-5-9-27-14/h3-9H,2,10-11H2,1H3,(H,19,23). The van der Waals surface area contributed by atoms with Gasteiger partial charge in [-0.2, -0.15) is 4.98 Å². The van der Waals surface area contributed by atoms with Crippen LogP contribution in [0, 0.1) is 0 Å². The fraction of sp³-hybridized carbons (Fsp3) is 0.222. The number of aromatic nitrogens is 2. The van der Waals surface area contributed by atoms with Crippen molar-refractivity contribution in [1.82, 2.24) is 15.5 Å². The Labute approximate surface area is 159 Å². The van der Waals surface area contributed by atoms with E-state index in [0.717, 1.165) is 4.88 Å². The molecule has 8 nitrogen and oxygen atoms in total. The summed E-state index contributed by atoms with van der Waals surface area (Å²) in [6.45, 7) is 1.81. The number of esters is 1. The number of para-hydroxylation sites is 1. The van der Waals surface area contributed by atoms with Gasteiger partial charge in [-0.3, -0.25) is 9.59 Å². The number of carbonyl (C=O) groups is 2. The van der Waals surface area contributed by atoms with Gasteiger partial charge in [0.05, 0.1) is 17.0 Å². The first-order chi connectivity index (χ1) is 13.2. The van der Waals surface area contributed by atoms with Gasteiger partial charge >= 0.3 is 5.97 Å². The minimum atomic E-state index is -0.617. The molecule has 0 atom stereocenters. The van der Waals surface area contributed by atoms with Crippen LogP contribution in [0.15, 0.2) is 46.3 Å². The third-order valence-electron chi connectivity index (χ3n) is 3.39. The number of rotatable bonds is 8. The van der Waals surface area contributed by atoms with Gasteiger partial charge in [0.1, 0.15) is 12.3 Å². The molecule has 0 fully saturated rings. The van der Waals surface area contributed by atoms with Crippen molar-refractivity contribution in [2.45, 2.75) is 13.5 Å². The Morgan fingerprint density at radius 1 is 1.22 bits per heavy atom. The summed E-state index contributed by atoms with van der Waals surface area (Å²) < 4.78 is 15.5. The molecule has 1 N–H and O–H groups in total. The first-order valence-electron chi connectivity index (χ1n) is 8.19. The number of amides is 1. The van der Waals surface area contributed by atoms with Crippen molar-refractivity contribution in [2.75, 3.05) is 13.2 Å². The quantitative estimate of drug-likeness (QED) is 0.593. The van der Waals surface area contributed by atoms with Crippen molar-refractivity contribution < 1.29 is 23.6 Å². The molecule has 2 aromatic heterocycles. The second-order valence-corrected chi connectivity index (χ2v) is 6.21. The van der Waals surface area contributed by atoms with Crippen LogP contribution in [-0.4, -0.2) is 35.2 Å². The molecular weight excluding hydrogens is 370 g/mol. The number of hydrogen-bond acceptors (Lipinski definition) is 8. The first kappa shape index (κ1) is 18.6. The molecule has 140 valence electrons. The number of benzene rings is 1. The smallest absolute Gasteiger partial charge is 0.325 e. The average Bonchev–Trinajstić information content (AvgIpc) is 3.36. The topological polar surface area (TPSA) is 104 Å². The van der Waals surface area contributed by atoms with Crippen molar-refractivity contribution in [3.8, 4) is 16.5 Å². The summed E-state index contributed by atoms with van der Waals surface area (Å²) in [6, 6.07) is 10.5. The van der Waals surface area contributed by atoms with Gasteiger partial charge in [0.15, 0.2) is 6.61 Å². The summed E-state index contributed by atoms with van der Waals surface area (Å²) in [5.74, 6) is 0.0383. The SMILES string of the molecule is CCOc1ccccc1C(=O)NCC(=O)OCc1nc(-c2cccs2)no1. The summed E-state index contributed by atoms with van der Waals surface area (Å²) in [7, 11) is 0. The number of thiophene rings is 1. The number of ether oxygens (including phenoxy) is 2. The summed E-state index contributed by atoms with van der Waals surface area (Å²) in [5, 5.41) is 8.23. The molecule has 0 saturated carbocycles. The molecule has 9 heteroatoms. The van der Waals surface area contributed by atoms with Gasteiger partial charge < -0.3 is 19.3 Å². The van der Waals surface area contributed by atoms with E-state index in [1.54, 1.807) is 24.3 Å². The molecule has 0 unspecified atom stereocenters. The number of nitrogens with one attached hydrogen (secondary N) is 1. The minimum Gasteiger partial charge on any atom is -0.493 e. The Balaban J connectivity index is 1.48. The molecule has 0 aliphatic rings. The third-order valence-corrected chi connectivity index (χ3v) is 4.26. The van der Waals surface area contributed by atoms with Crippen LogP contribution in [0.2, 0.25) is 0 Å². The molecule has 1 aromatic carbocycles. The molecule has 3 rings (SSSR count). The number of carbonyl (C=O) groups excluding carboxylic acids is 2. The zero-order valence-electron chi connectivity index (χ0n) is 14.5. The van der Waals surface area contributed by atoms with E-state index in [4.69, 9.17) is 14.0 Å². The van der Waals surface area contributed by atoms with Crippen molar-refractivity contribution in [2.24, 2.45) is 0 Å². The Bertz CT molecular complexity index is 907. The number of hydrogen-bond donors (Lipinski definition) is 1. The predicted octanol–water partition coefficient (Wildman–Crippen LogP) is 2.67. The molecule has 0 radical (unpaired) electrons. The Kier molecular flexibility index (Phi) is 6.16. The van der Waals surface area contributed by atoms with Crippen LogP contribution in [0.25, 0.3) is 10.7 Å². The van der Waals surface area contributed by atoms with Gasteiger partial charge in [0, 0.05) is 0 Å². The van der Waals surface area contributed by atoms with Gasteiger partial charge in [0.25, 0.3) is 11.8 Å². The normalized spacial score (nSPS) is 10.4. The highest BCUT2D eigenvalue weighted by molar-refractivity contribution is 7.13. The van der Waals surface area contributed by atoms with Gasteiger partial charge in [-0.15, -0.1) is 11.3 Å². The van der Waals surface area contributed by atoms with E-state index in [2.05, 4.69) is 15.5 Å². The van der Waals surface area contributed by atoms with E-state index >= 15 is 0 Å². The average molecular weight is 387 g/mol. The van der Waals surface area contributed by atoms with E-state index in [-0.39, 0.29) is 19.0 Å². The summed E-state index contributed by atoms with van der Waals surface area (Å²) in [4.78, 5) is 29.1. The molecular formula is C18H17N3O5S. The van der Waals surface area contributed by atoms with Crippen LogP contribution in [0.5, 0.6) is 5.75 Å². The maximum absolute atomic E-state index is 12.2. The van der Waals surface area contributed by atoms with Gasteiger partial charge in [-0.05, 0) is 30.5 Å². The van der Waals surface area contributed by atoms with E-state index in [1.807, 2.05) is 24.4 Å². The molecule has 0 saturated heterocycles. The first-order valence-corrected chi connectivity index (χ1v) is 9.07. The van der Waals surface area contributed by atoms with Crippen LogP contribution >= 0.6 is 11.3 Å². The zero-order chi connectivity index (χ0) is 19.1. The van der Waals surface area contributed by atoms with Gasteiger partial charge in [0.2, 0.25) is 5.82 Å². The molecule has 1 amide bonds. The lowest BCUT2D eigenvalue weighted by Gasteiger charge is -2.10. The predicted molar refractivity (Wildman–Crippen MR) is 97.4 cm³/mol. The van der Waals surface area contributed by atoms with E-state index in [1.165, 1.54) is 11.3 Å². The van der Waals surface area contributed by atoms with Crippen LogP contribution in [-0.2, 0) is 16.1 Å². The zero-order valence-corrected chi connectivity index (χ0v) is 15.3. The Hall–Kier alpha value is -3.20. The monoisotopic (exact) mass is 387 g/mol. The molecule has 2 heterocycles. The number of nitrogens with zero attached hydrogens (tertiary/aromatic N) is 2. The molecule has 0 bridgehead atoms. The second kappa shape index (κ2) is 8.95. The Morgan fingerprint density at radius 3 is 2.85 bits per heavy atom. The van der Waals surface area contributed by atoms with E-state index in [0.29, 0.717) is 23.7 Å². The van der Waals surface area contributed by atoms with Crippen molar-refractivity contribution in [3.05, 3.63) is 53.2 Å². The highest BCUT2D eigenvalue weighted by Gasteiger charge is 2.15. The lowest BCUT2D eigenvalue weighted by molar-refractivity contribution is -0.144. The highest BCUT2D eigenvalue weighted by Crippen LogP contribution is 2.21. The fourth-order valence-corrected chi connectivity index (χ4v) is 2.85. The van der Waals surface area contributed by atoms with Crippen molar-refractivity contribution in [3.63, 3.8) is 0 Å². The third kappa shape index (κ3) is 4.91. The summed E-state index contributed by atoms with van der Waals surface area (Å²) in [5.41, 5.74) is 0.352. The summed E-state index contributed by atoms with van der Waals surface area (Å²) in [6.07, 6.45) is 0. The second-order valence-electron chi connectivity index (χ2n) is 5.26. The molecule has 0 spiro atoms. The molecule has 3 aromatic rings. The Morgan fingerprint density at radius 2 is 2.07 bits per heavy atom. The highest BCUT2D eigenvalue weighted by atomic mass is 32.1. The molecule has 0 aliphatic carbocycles. The molecule has 0 aliphatic heterocycles. The lowest BCUT2D eigenvalue weighted by Crippen LogP contribution is -2.30. The van der Waals surface area contributed by atoms with E-state index < -0.39 is 11.9 Å². The van der Waals surface area contributed by atoms with Crippen LogP contribution < -0.4 is 10.1 Å². The van der Waals surface area contributed by atoms with Crippen molar-refractivity contribution in [1.29, 1.82) is 0 Å². The molecule has 27 heavy (non-hydrogen) atoms. The van der Waals surface area contributed by atoms with Gasteiger partial charge in [-0.25, -0.2) is 0 Å².